The number of nitrogens with one attached hydrogen (secondary N) is 1. The summed E-state index contributed by atoms with van der Waals surface area (Å²) >= 11 is 0. The number of urea groups is 1. The lowest BCUT2D eigenvalue weighted by Gasteiger charge is -2.36. The predicted octanol–water partition coefficient (Wildman–Crippen LogP) is 1.90. The van der Waals surface area contributed by atoms with Crippen molar-refractivity contribution in [2.24, 2.45) is 0 Å². The highest BCUT2D eigenvalue weighted by atomic mass is 16.5. The molecule has 0 saturated carbocycles. The first-order valence-electron chi connectivity index (χ1n) is 10.8. The number of aryl methyl sites for hydroxylation is 1. The van der Waals surface area contributed by atoms with Gasteiger partial charge in [0.2, 0.25) is 5.95 Å². The number of amides is 2. The minimum Gasteiger partial charge on any atom is -0.497 e. The average Bonchev–Trinajstić information content (AvgIpc) is 2.80. The van der Waals surface area contributed by atoms with Gasteiger partial charge in [0.1, 0.15) is 11.6 Å². The number of methoxy groups -OCH3 is 1. The summed E-state index contributed by atoms with van der Waals surface area (Å²) in [5.74, 6) is 2.51. The summed E-state index contributed by atoms with van der Waals surface area (Å²) in [5, 5.41) is 2.95. The number of rotatable bonds is 4. The van der Waals surface area contributed by atoms with E-state index in [4.69, 9.17) is 9.72 Å². The number of carbonyl (C=O) groups excluding carboxylic acids is 1. The van der Waals surface area contributed by atoms with Crippen molar-refractivity contribution in [3.05, 3.63) is 36.0 Å². The maximum absolute atomic E-state index is 12.6. The van der Waals surface area contributed by atoms with Crippen molar-refractivity contribution in [2.45, 2.75) is 6.92 Å². The normalized spacial score (nSPS) is 17.6. The standard InChI is InChI=1S/C22H31N7O2/c1-17-16-20(27-10-8-26(2)9-11-27)25-21(23-17)28-12-14-29(15-13-28)22(30)24-18-4-6-19(31-3)7-5-18/h4-7,16H,8-15H2,1-3H3,(H,24,30). The van der Waals surface area contributed by atoms with Gasteiger partial charge >= 0.3 is 6.03 Å². The highest BCUT2D eigenvalue weighted by Gasteiger charge is 2.24. The number of aromatic nitrogens is 2. The van der Waals surface area contributed by atoms with Crippen molar-refractivity contribution < 1.29 is 9.53 Å². The number of hydrogen-bond acceptors (Lipinski definition) is 7. The third kappa shape index (κ3) is 5.16. The number of nitrogens with zero attached hydrogens (tertiary/aromatic N) is 6. The van der Waals surface area contributed by atoms with Crippen molar-refractivity contribution >= 4 is 23.5 Å². The molecule has 0 spiro atoms. The van der Waals surface area contributed by atoms with Crippen molar-refractivity contribution in [2.75, 3.05) is 81.6 Å². The molecule has 2 aliphatic rings. The van der Waals surface area contributed by atoms with Gasteiger partial charge in [-0.05, 0) is 38.2 Å². The fourth-order valence-electron chi connectivity index (χ4n) is 3.86. The van der Waals surface area contributed by atoms with E-state index in [1.165, 1.54) is 0 Å². The molecule has 0 unspecified atom stereocenters. The van der Waals surface area contributed by atoms with Crippen LogP contribution in [-0.4, -0.2) is 92.3 Å². The van der Waals surface area contributed by atoms with Crippen LogP contribution in [0.4, 0.5) is 22.2 Å². The highest BCUT2D eigenvalue weighted by Crippen LogP contribution is 2.20. The van der Waals surface area contributed by atoms with E-state index in [9.17, 15) is 4.79 Å². The molecule has 1 N–H and O–H groups in total. The molecule has 9 nitrogen and oxygen atoms in total. The van der Waals surface area contributed by atoms with E-state index in [1.54, 1.807) is 7.11 Å². The Morgan fingerprint density at radius 3 is 2.23 bits per heavy atom. The zero-order chi connectivity index (χ0) is 21.8. The molecule has 2 aliphatic heterocycles. The monoisotopic (exact) mass is 425 g/mol. The minimum atomic E-state index is -0.0897. The van der Waals surface area contributed by atoms with Crippen LogP contribution in [-0.2, 0) is 0 Å². The zero-order valence-corrected chi connectivity index (χ0v) is 18.5. The van der Waals surface area contributed by atoms with Gasteiger partial charge in [0, 0.05) is 69.8 Å². The molecule has 0 bridgehead atoms. The van der Waals surface area contributed by atoms with Crippen LogP contribution in [0.1, 0.15) is 5.69 Å². The van der Waals surface area contributed by atoms with Crippen LogP contribution in [0.3, 0.4) is 0 Å². The predicted molar refractivity (Wildman–Crippen MR) is 122 cm³/mol. The summed E-state index contributed by atoms with van der Waals surface area (Å²) in [7, 11) is 3.78. The third-order valence-corrected chi connectivity index (χ3v) is 5.85. The Morgan fingerprint density at radius 1 is 0.935 bits per heavy atom. The van der Waals surface area contributed by atoms with E-state index >= 15 is 0 Å². The van der Waals surface area contributed by atoms with Crippen LogP contribution in [0.15, 0.2) is 30.3 Å². The number of benzene rings is 1. The lowest BCUT2D eigenvalue weighted by molar-refractivity contribution is 0.208. The molecule has 0 atom stereocenters. The van der Waals surface area contributed by atoms with Gasteiger partial charge in [0.25, 0.3) is 0 Å². The maximum Gasteiger partial charge on any atom is 0.321 e. The molecule has 1 aromatic heterocycles. The Kier molecular flexibility index (Phi) is 6.41. The van der Waals surface area contributed by atoms with Gasteiger partial charge < -0.3 is 29.7 Å². The van der Waals surface area contributed by atoms with Crippen molar-refractivity contribution in [3.8, 4) is 5.75 Å². The Balaban J connectivity index is 1.35. The van der Waals surface area contributed by atoms with Crippen molar-refractivity contribution in [1.82, 2.24) is 19.8 Å². The second-order valence-electron chi connectivity index (χ2n) is 8.09. The Bertz CT molecular complexity index is 889. The first-order valence-corrected chi connectivity index (χ1v) is 10.8. The largest absolute Gasteiger partial charge is 0.497 e. The summed E-state index contributed by atoms with van der Waals surface area (Å²) in [6, 6.07) is 9.32. The van der Waals surface area contributed by atoms with Gasteiger partial charge in [-0.2, -0.15) is 4.98 Å². The van der Waals surface area contributed by atoms with E-state index in [0.29, 0.717) is 26.2 Å². The van der Waals surface area contributed by atoms with Crippen molar-refractivity contribution in [3.63, 3.8) is 0 Å². The second kappa shape index (κ2) is 9.38. The van der Waals surface area contributed by atoms with Crippen LogP contribution < -0.4 is 19.9 Å². The first-order chi connectivity index (χ1) is 15.0. The SMILES string of the molecule is COc1ccc(NC(=O)N2CCN(c3nc(C)cc(N4CCN(C)CC4)n3)CC2)cc1. The number of likely N-dealkylation sites (N-methyl/N-ethyl adjacent to an activating group) is 1. The van der Waals surface area contributed by atoms with E-state index in [0.717, 1.165) is 55.1 Å². The average molecular weight is 426 g/mol. The van der Waals surface area contributed by atoms with Crippen LogP contribution in [0.5, 0.6) is 5.75 Å². The molecule has 0 aliphatic carbocycles. The lowest BCUT2D eigenvalue weighted by atomic mass is 10.3. The number of anilines is 3. The van der Waals surface area contributed by atoms with E-state index in [-0.39, 0.29) is 6.03 Å². The number of hydrogen-bond donors (Lipinski definition) is 1. The lowest BCUT2D eigenvalue weighted by Crippen LogP contribution is -2.50. The van der Waals surface area contributed by atoms with Crippen LogP contribution in [0.2, 0.25) is 0 Å². The topological polar surface area (TPSA) is 77.1 Å². The summed E-state index contributed by atoms with van der Waals surface area (Å²) in [6.07, 6.45) is 0. The molecule has 0 radical (unpaired) electrons. The molecule has 31 heavy (non-hydrogen) atoms. The van der Waals surface area contributed by atoms with Gasteiger partial charge in [0.15, 0.2) is 0 Å². The number of piperazine rings is 2. The molecule has 2 fully saturated rings. The summed E-state index contributed by atoms with van der Waals surface area (Å²) in [6.45, 7) is 8.73. The molecular weight excluding hydrogens is 394 g/mol. The van der Waals surface area contributed by atoms with Gasteiger partial charge in [-0.25, -0.2) is 9.78 Å². The molecule has 3 heterocycles. The fourth-order valence-corrected chi connectivity index (χ4v) is 3.86. The van der Waals surface area contributed by atoms with Gasteiger partial charge in [-0.15, -0.1) is 0 Å². The van der Waals surface area contributed by atoms with Gasteiger partial charge in [-0.1, -0.05) is 0 Å². The van der Waals surface area contributed by atoms with Gasteiger partial charge in [-0.3, -0.25) is 0 Å². The van der Waals surface area contributed by atoms with E-state index < -0.39 is 0 Å². The Morgan fingerprint density at radius 2 is 1.58 bits per heavy atom. The molecule has 1 aromatic carbocycles. The summed E-state index contributed by atoms with van der Waals surface area (Å²) in [5.41, 5.74) is 1.73. The molecule has 166 valence electrons. The number of carbonyl (C=O) groups is 1. The second-order valence-corrected chi connectivity index (χ2v) is 8.09. The quantitative estimate of drug-likeness (QED) is 0.802. The van der Waals surface area contributed by atoms with E-state index in [1.807, 2.05) is 36.1 Å². The molecule has 9 heteroatoms. The van der Waals surface area contributed by atoms with E-state index in [2.05, 4.69) is 38.1 Å². The van der Waals surface area contributed by atoms with Gasteiger partial charge in [0.05, 0.1) is 7.11 Å². The van der Waals surface area contributed by atoms with Crippen LogP contribution in [0, 0.1) is 6.92 Å². The zero-order valence-electron chi connectivity index (χ0n) is 18.5. The molecule has 4 rings (SSSR count). The Labute approximate surface area is 183 Å². The van der Waals surface area contributed by atoms with Crippen molar-refractivity contribution in [1.29, 1.82) is 0 Å². The first kappa shape index (κ1) is 21.2. The minimum absolute atomic E-state index is 0.0897. The fraction of sp³-hybridized carbons (Fsp3) is 0.500. The third-order valence-electron chi connectivity index (χ3n) is 5.85. The summed E-state index contributed by atoms with van der Waals surface area (Å²) in [4.78, 5) is 30.8. The molecular formula is C22H31N7O2. The molecule has 2 amide bonds. The molecule has 2 saturated heterocycles. The maximum atomic E-state index is 12.6. The Hall–Kier alpha value is -3.07. The highest BCUT2D eigenvalue weighted by molar-refractivity contribution is 5.89. The van der Waals surface area contributed by atoms with Crippen LogP contribution in [0.25, 0.3) is 0 Å². The van der Waals surface area contributed by atoms with Crippen LogP contribution >= 0.6 is 0 Å². The number of ether oxygens (including phenoxy) is 1. The smallest absolute Gasteiger partial charge is 0.321 e. The molecule has 2 aromatic rings. The summed E-state index contributed by atoms with van der Waals surface area (Å²) < 4.78 is 5.16.